The second-order valence-corrected chi connectivity index (χ2v) is 6.04. The Morgan fingerprint density at radius 2 is 1.71 bits per heavy atom. The average Bonchev–Trinajstić information content (AvgIpc) is 2.84. The molecule has 2 amide bonds. The summed E-state index contributed by atoms with van der Waals surface area (Å²) in [6, 6.07) is 16.6. The average molecular weight is 324 g/mol. The van der Waals surface area contributed by atoms with Gasteiger partial charge >= 0.3 is 0 Å². The quantitative estimate of drug-likeness (QED) is 0.857. The summed E-state index contributed by atoms with van der Waals surface area (Å²) in [5.74, 6) is -0.163. The lowest BCUT2D eigenvalue weighted by Gasteiger charge is -2.17. The maximum absolute atomic E-state index is 12.6. The van der Waals surface area contributed by atoms with Gasteiger partial charge in [0.15, 0.2) is 0 Å². The van der Waals surface area contributed by atoms with Crippen LogP contribution in [0.2, 0.25) is 0 Å². The van der Waals surface area contributed by atoms with E-state index in [1.807, 2.05) is 68.4 Å². The van der Waals surface area contributed by atoms with Gasteiger partial charge in [-0.15, -0.1) is 0 Å². The highest BCUT2D eigenvalue weighted by molar-refractivity contribution is 6.07. The first kappa shape index (κ1) is 16.1. The van der Waals surface area contributed by atoms with Gasteiger partial charge < -0.3 is 4.74 Å². The van der Waals surface area contributed by atoms with Crippen LogP contribution in [0.3, 0.4) is 0 Å². The summed E-state index contributed by atoms with van der Waals surface area (Å²) in [7, 11) is 0. The molecule has 0 unspecified atom stereocenters. The number of rotatable bonds is 5. The molecule has 0 aromatic heterocycles. The van der Waals surface area contributed by atoms with E-state index in [2.05, 4.69) is 5.43 Å². The van der Waals surface area contributed by atoms with Crippen molar-refractivity contribution in [1.29, 1.82) is 0 Å². The first-order chi connectivity index (χ1) is 11.5. The molecule has 124 valence electrons. The molecule has 1 fully saturated rings. The topological polar surface area (TPSA) is 58.6 Å². The van der Waals surface area contributed by atoms with Gasteiger partial charge in [0.1, 0.15) is 5.75 Å². The first-order valence-corrected chi connectivity index (χ1v) is 7.99. The van der Waals surface area contributed by atoms with Crippen LogP contribution >= 0.6 is 0 Å². The van der Waals surface area contributed by atoms with Crippen LogP contribution in [0.25, 0.3) is 0 Å². The summed E-state index contributed by atoms with van der Waals surface area (Å²) in [5.41, 5.74) is 4.42. The highest BCUT2D eigenvalue weighted by atomic mass is 16.5. The van der Waals surface area contributed by atoms with Gasteiger partial charge in [-0.25, -0.2) is 0 Å². The number of imide groups is 1. The van der Waals surface area contributed by atoms with Crippen LogP contribution in [-0.4, -0.2) is 22.9 Å². The zero-order chi connectivity index (χ0) is 17.1. The Kier molecular flexibility index (Phi) is 4.51. The lowest BCUT2D eigenvalue weighted by molar-refractivity contribution is -0.137. The smallest absolute Gasteiger partial charge is 0.256 e. The fourth-order valence-corrected chi connectivity index (χ4v) is 2.70. The molecule has 1 atom stereocenters. The van der Waals surface area contributed by atoms with Crippen molar-refractivity contribution in [3.63, 3.8) is 0 Å². The van der Waals surface area contributed by atoms with Gasteiger partial charge in [-0.05, 0) is 43.7 Å². The van der Waals surface area contributed by atoms with Crippen molar-refractivity contribution in [2.24, 2.45) is 0 Å². The van der Waals surface area contributed by atoms with E-state index in [1.54, 1.807) is 0 Å². The summed E-state index contributed by atoms with van der Waals surface area (Å²) in [5, 5.41) is 1.11. The van der Waals surface area contributed by atoms with Crippen molar-refractivity contribution in [3.8, 4) is 5.75 Å². The summed E-state index contributed by atoms with van der Waals surface area (Å²) in [4.78, 5) is 24.8. The fourth-order valence-electron chi connectivity index (χ4n) is 2.70. The second kappa shape index (κ2) is 6.74. The summed E-state index contributed by atoms with van der Waals surface area (Å²) in [6.45, 7) is 3.92. The van der Waals surface area contributed by atoms with Crippen LogP contribution in [0.4, 0.5) is 5.69 Å². The molecule has 3 rings (SSSR count). The molecule has 0 aliphatic carbocycles. The molecular formula is C19H20N2O3. The molecule has 5 nitrogen and oxygen atoms in total. The van der Waals surface area contributed by atoms with Crippen molar-refractivity contribution < 1.29 is 14.3 Å². The molecule has 0 radical (unpaired) electrons. The van der Waals surface area contributed by atoms with Crippen LogP contribution < -0.4 is 10.2 Å². The molecule has 1 aliphatic rings. The van der Waals surface area contributed by atoms with E-state index in [1.165, 1.54) is 0 Å². The molecule has 1 saturated heterocycles. The molecule has 2 aromatic carbocycles. The summed E-state index contributed by atoms with van der Waals surface area (Å²) >= 11 is 0. The lowest BCUT2D eigenvalue weighted by Crippen LogP contribution is -2.35. The van der Waals surface area contributed by atoms with E-state index in [4.69, 9.17) is 4.74 Å². The molecule has 0 saturated carbocycles. The van der Waals surface area contributed by atoms with Crippen molar-refractivity contribution in [1.82, 2.24) is 5.01 Å². The number of carbonyl (C=O) groups is 2. The van der Waals surface area contributed by atoms with Crippen LogP contribution in [0.1, 0.15) is 31.7 Å². The monoisotopic (exact) mass is 324 g/mol. The number of hydrogen-bond donors (Lipinski definition) is 1. The third-order valence-corrected chi connectivity index (χ3v) is 3.82. The second-order valence-electron chi connectivity index (χ2n) is 6.04. The number of nitrogens with zero attached hydrogens (tertiary/aromatic N) is 1. The zero-order valence-corrected chi connectivity index (χ0v) is 13.7. The number of hydrazine groups is 1. The molecule has 2 aromatic rings. The Morgan fingerprint density at radius 3 is 2.33 bits per heavy atom. The molecule has 0 bridgehead atoms. The van der Waals surface area contributed by atoms with Crippen LogP contribution in [0.15, 0.2) is 54.6 Å². The highest BCUT2D eigenvalue weighted by Gasteiger charge is 2.39. The van der Waals surface area contributed by atoms with E-state index in [0.717, 1.165) is 16.3 Å². The lowest BCUT2D eigenvalue weighted by atomic mass is 9.97. The minimum atomic E-state index is -0.457. The van der Waals surface area contributed by atoms with E-state index in [0.29, 0.717) is 5.69 Å². The maximum Gasteiger partial charge on any atom is 0.256 e. The number of benzene rings is 2. The van der Waals surface area contributed by atoms with Crippen molar-refractivity contribution in [2.75, 3.05) is 5.43 Å². The third-order valence-electron chi connectivity index (χ3n) is 3.82. The van der Waals surface area contributed by atoms with E-state index in [9.17, 15) is 9.59 Å². The number of hydrogen-bond acceptors (Lipinski definition) is 4. The normalized spacial score (nSPS) is 17.5. The molecule has 1 N–H and O–H groups in total. The zero-order valence-electron chi connectivity index (χ0n) is 13.7. The Bertz CT molecular complexity index is 726. The molecule has 0 spiro atoms. The molecular weight excluding hydrogens is 304 g/mol. The van der Waals surface area contributed by atoms with Gasteiger partial charge in [-0.1, -0.05) is 30.3 Å². The van der Waals surface area contributed by atoms with Crippen molar-refractivity contribution >= 4 is 17.5 Å². The number of para-hydroxylation sites is 1. The van der Waals surface area contributed by atoms with E-state index in [-0.39, 0.29) is 24.3 Å². The predicted molar refractivity (Wildman–Crippen MR) is 91.5 cm³/mol. The maximum atomic E-state index is 12.6. The minimum absolute atomic E-state index is 0.0936. The van der Waals surface area contributed by atoms with Gasteiger partial charge in [0.25, 0.3) is 5.91 Å². The number of ether oxygens (including phenoxy) is 1. The molecule has 1 heterocycles. The van der Waals surface area contributed by atoms with Crippen molar-refractivity contribution in [2.45, 2.75) is 32.3 Å². The fraction of sp³-hybridized carbons (Fsp3) is 0.263. The van der Waals surface area contributed by atoms with E-state index < -0.39 is 5.92 Å². The van der Waals surface area contributed by atoms with Gasteiger partial charge in [-0.2, -0.15) is 5.01 Å². The standard InChI is InChI=1S/C19H20N2O3/c1-13(2)24-16-10-8-14(9-11-16)17-12-18(22)21(19(17)23)20-15-6-4-3-5-7-15/h3-11,13,17,20H,12H2,1-2H3/t17-/m0/s1. The van der Waals surface area contributed by atoms with Gasteiger partial charge in [0, 0.05) is 6.42 Å². The number of carbonyl (C=O) groups excluding carboxylic acids is 2. The van der Waals surface area contributed by atoms with Gasteiger partial charge in [0.05, 0.1) is 17.7 Å². The van der Waals surface area contributed by atoms with Gasteiger partial charge in [-0.3, -0.25) is 15.0 Å². The van der Waals surface area contributed by atoms with E-state index >= 15 is 0 Å². The summed E-state index contributed by atoms with van der Waals surface area (Å²) in [6.07, 6.45) is 0.263. The Labute approximate surface area is 141 Å². The minimum Gasteiger partial charge on any atom is -0.491 e. The SMILES string of the molecule is CC(C)Oc1ccc([C@@H]2CC(=O)N(Nc3ccccc3)C2=O)cc1. The van der Waals surface area contributed by atoms with Crippen LogP contribution in [0.5, 0.6) is 5.75 Å². The number of nitrogens with one attached hydrogen (secondary N) is 1. The van der Waals surface area contributed by atoms with Crippen LogP contribution in [-0.2, 0) is 9.59 Å². The number of amides is 2. The predicted octanol–water partition coefficient (Wildman–Crippen LogP) is 3.34. The molecule has 24 heavy (non-hydrogen) atoms. The Balaban J connectivity index is 1.73. The third kappa shape index (κ3) is 3.40. The van der Waals surface area contributed by atoms with Gasteiger partial charge in [0.2, 0.25) is 5.91 Å². The summed E-state index contributed by atoms with van der Waals surface area (Å²) < 4.78 is 5.61. The molecule has 5 heteroatoms. The van der Waals surface area contributed by atoms with Crippen molar-refractivity contribution in [3.05, 3.63) is 60.2 Å². The largest absolute Gasteiger partial charge is 0.491 e. The Hall–Kier alpha value is -2.82. The highest BCUT2D eigenvalue weighted by Crippen LogP contribution is 2.31. The van der Waals surface area contributed by atoms with Crippen LogP contribution in [0, 0.1) is 0 Å². The number of anilines is 1. The Morgan fingerprint density at radius 1 is 1.04 bits per heavy atom. The molecule has 1 aliphatic heterocycles. The first-order valence-electron chi connectivity index (χ1n) is 7.99.